The largest absolute Gasteiger partial charge is 0.457 e. The van der Waals surface area contributed by atoms with Crippen molar-refractivity contribution in [3.8, 4) is 0 Å². The SMILES string of the molecule is C/C=C(/OC(C(F)(F)F)C(F)(F)F)N1CCN(Cc2ccc(Cl)cc2N2CCC(N3CCCC3=O)C2)CC1. The van der Waals surface area contributed by atoms with E-state index in [1.807, 2.05) is 17.0 Å². The molecule has 4 rings (SSSR count). The molecule has 0 bridgehead atoms. The number of rotatable bonds is 7. The summed E-state index contributed by atoms with van der Waals surface area (Å²) in [6.45, 7) is 5.48. The molecule has 212 valence electrons. The molecule has 1 aromatic carbocycles. The molecular formula is C25H31ClF6N4O2. The first-order valence-electron chi connectivity index (χ1n) is 12.6. The maximum absolute atomic E-state index is 13.0. The van der Waals surface area contributed by atoms with Crippen molar-refractivity contribution < 1.29 is 35.9 Å². The van der Waals surface area contributed by atoms with Gasteiger partial charge in [-0.1, -0.05) is 17.7 Å². The lowest BCUT2D eigenvalue weighted by atomic mass is 10.1. The fourth-order valence-electron chi connectivity index (χ4n) is 5.37. The smallest absolute Gasteiger partial charge is 0.434 e. The number of nitrogens with zero attached hydrogens (tertiary/aromatic N) is 4. The van der Waals surface area contributed by atoms with Crippen LogP contribution in [0.3, 0.4) is 0 Å². The molecule has 6 nitrogen and oxygen atoms in total. The highest BCUT2D eigenvalue weighted by Gasteiger charge is 2.59. The standard InChI is InChI=1S/C25H31ClF6N4O2/c1-2-22(38-23(24(27,28)29)25(30,31)32)34-12-10-33(11-13-34)15-17-5-6-18(26)14-20(17)35-9-7-19(16-35)36-8-3-4-21(36)37/h2,5-6,14,19,23H,3-4,7-13,15-16H2,1H3/b22-2+. The third-order valence-corrected chi connectivity index (χ3v) is 7.50. The van der Waals surface area contributed by atoms with E-state index in [0.717, 1.165) is 43.3 Å². The summed E-state index contributed by atoms with van der Waals surface area (Å²) in [6.07, 6.45) is -11.5. The van der Waals surface area contributed by atoms with Crippen molar-refractivity contribution in [2.24, 2.45) is 0 Å². The number of anilines is 1. The van der Waals surface area contributed by atoms with Gasteiger partial charge in [-0.15, -0.1) is 0 Å². The number of hydrogen-bond acceptors (Lipinski definition) is 5. The number of benzene rings is 1. The molecule has 0 N–H and O–H groups in total. The zero-order valence-corrected chi connectivity index (χ0v) is 21.7. The first-order chi connectivity index (χ1) is 17.9. The van der Waals surface area contributed by atoms with Crippen LogP contribution in [0.15, 0.2) is 30.2 Å². The first-order valence-corrected chi connectivity index (χ1v) is 13.0. The Kier molecular flexibility index (Phi) is 8.61. The van der Waals surface area contributed by atoms with Gasteiger partial charge in [0.15, 0.2) is 5.88 Å². The Hall–Kier alpha value is -2.34. The second-order valence-corrected chi connectivity index (χ2v) is 10.3. The molecule has 0 spiro atoms. The Morgan fingerprint density at radius 1 is 1.08 bits per heavy atom. The third kappa shape index (κ3) is 6.62. The van der Waals surface area contributed by atoms with Gasteiger partial charge in [0, 0.05) is 69.5 Å². The minimum Gasteiger partial charge on any atom is -0.457 e. The predicted octanol–water partition coefficient (Wildman–Crippen LogP) is 5.03. The fraction of sp³-hybridized carbons (Fsp3) is 0.640. The van der Waals surface area contributed by atoms with E-state index < -0.39 is 24.3 Å². The first kappa shape index (κ1) is 28.7. The molecule has 38 heavy (non-hydrogen) atoms. The highest BCUT2D eigenvalue weighted by Crippen LogP contribution is 2.38. The second kappa shape index (κ2) is 11.4. The molecule has 3 aliphatic rings. The molecule has 0 aromatic heterocycles. The summed E-state index contributed by atoms with van der Waals surface area (Å²) in [5.41, 5.74) is 2.00. The third-order valence-electron chi connectivity index (χ3n) is 7.26. The normalized spacial score (nSPS) is 22.2. The number of allylic oxidation sites excluding steroid dienone is 1. The molecule has 0 radical (unpaired) electrons. The van der Waals surface area contributed by atoms with Crippen LogP contribution in [0.2, 0.25) is 5.02 Å². The van der Waals surface area contributed by atoms with Crippen molar-refractivity contribution in [2.75, 3.05) is 50.7 Å². The van der Waals surface area contributed by atoms with Gasteiger partial charge in [-0.2, -0.15) is 26.3 Å². The van der Waals surface area contributed by atoms with Crippen molar-refractivity contribution >= 4 is 23.2 Å². The Labute approximate surface area is 222 Å². The zero-order valence-electron chi connectivity index (χ0n) is 21.0. The number of piperazine rings is 1. The van der Waals surface area contributed by atoms with Gasteiger partial charge in [0.05, 0.1) is 6.04 Å². The number of halogens is 7. The number of carbonyl (C=O) groups is 1. The summed E-state index contributed by atoms with van der Waals surface area (Å²) < 4.78 is 82.3. The lowest BCUT2D eigenvalue weighted by molar-refractivity contribution is -0.317. The molecule has 0 aliphatic carbocycles. The van der Waals surface area contributed by atoms with Crippen LogP contribution < -0.4 is 4.90 Å². The number of carbonyl (C=O) groups excluding carboxylic acids is 1. The van der Waals surface area contributed by atoms with E-state index in [1.165, 1.54) is 11.8 Å². The lowest BCUT2D eigenvalue weighted by Crippen LogP contribution is -2.49. The molecule has 1 aromatic rings. The van der Waals surface area contributed by atoms with E-state index in [9.17, 15) is 31.1 Å². The summed E-state index contributed by atoms with van der Waals surface area (Å²) in [5, 5.41) is 0.591. The van der Waals surface area contributed by atoms with Crippen LogP contribution in [0, 0.1) is 0 Å². The number of amides is 1. The van der Waals surface area contributed by atoms with E-state index >= 15 is 0 Å². The van der Waals surface area contributed by atoms with Crippen LogP contribution in [0.1, 0.15) is 31.7 Å². The molecule has 0 saturated carbocycles. The summed E-state index contributed by atoms with van der Waals surface area (Å²) >= 11 is 6.31. The van der Waals surface area contributed by atoms with Crippen LogP contribution in [0.4, 0.5) is 32.0 Å². The second-order valence-electron chi connectivity index (χ2n) is 9.82. The topological polar surface area (TPSA) is 39.3 Å². The van der Waals surface area contributed by atoms with Crippen LogP contribution in [0.25, 0.3) is 0 Å². The van der Waals surface area contributed by atoms with Crippen molar-refractivity contribution in [3.63, 3.8) is 0 Å². The van der Waals surface area contributed by atoms with Gasteiger partial charge < -0.3 is 19.4 Å². The van der Waals surface area contributed by atoms with Crippen LogP contribution in [-0.2, 0) is 16.1 Å². The molecule has 1 amide bonds. The van der Waals surface area contributed by atoms with Crippen molar-refractivity contribution in [2.45, 2.75) is 57.2 Å². The lowest BCUT2D eigenvalue weighted by Gasteiger charge is -2.38. The molecule has 13 heteroatoms. The Balaban J connectivity index is 1.38. The average Bonchev–Trinajstić information content (AvgIpc) is 3.49. The highest BCUT2D eigenvalue weighted by atomic mass is 35.5. The molecule has 1 atom stereocenters. The fourth-order valence-corrected chi connectivity index (χ4v) is 5.53. The molecule has 3 aliphatic heterocycles. The van der Waals surface area contributed by atoms with Gasteiger partial charge in [-0.25, -0.2) is 0 Å². The maximum atomic E-state index is 13.0. The molecule has 1 unspecified atom stereocenters. The number of alkyl halides is 6. The number of ether oxygens (including phenoxy) is 1. The van der Waals surface area contributed by atoms with Gasteiger partial charge in [-0.05, 0) is 43.5 Å². The minimum atomic E-state index is -5.57. The monoisotopic (exact) mass is 568 g/mol. The van der Waals surface area contributed by atoms with E-state index in [2.05, 4.69) is 14.5 Å². The summed E-state index contributed by atoms with van der Waals surface area (Å²) in [6, 6.07) is 5.81. The van der Waals surface area contributed by atoms with Gasteiger partial charge in [-0.3, -0.25) is 9.69 Å². The maximum Gasteiger partial charge on any atom is 0.434 e. The number of likely N-dealkylation sites (tertiary alicyclic amines) is 1. The van der Waals surface area contributed by atoms with Gasteiger partial charge in [0.25, 0.3) is 6.10 Å². The van der Waals surface area contributed by atoms with Gasteiger partial charge in [0.1, 0.15) is 0 Å². The van der Waals surface area contributed by atoms with Crippen LogP contribution in [0.5, 0.6) is 0 Å². The Morgan fingerprint density at radius 2 is 1.76 bits per heavy atom. The van der Waals surface area contributed by atoms with Crippen molar-refractivity contribution in [1.82, 2.24) is 14.7 Å². The van der Waals surface area contributed by atoms with Crippen molar-refractivity contribution in [1.29, 1.82) is 0 Å². The zero-order chi connectivity index (χ0) is 27.7. The van der Waals surface area contributed by atoms with Crippen molar-refractivity contribution in [3.05, 3.63) is 40.7 Å². The van der Waals surface area contributed by atoms with Crippen LogP contribution >= 0.6 is 11.6 Å². The summed E-state index contributed by atoms with van der Waals surface area (Å²) in [7, 11) is 0. The highest BCUT2D eigenvalue weighted by molar-refractivity contribution is 6.30. The quantitative estimate of drug-likeness (QED) is 0.341. The predicted molar refractivity (Wildman–Crippen MR) is 131 cm³/mol. The van der Waals surface area contributed by atoms with E-state index in [1.54, 1.807) is 6.07 Å². The Morgan fingerprint density at radius 3 is 2.34 bits per heavy atom. The molecule has 3 heterocycles. The summed E-state index contributed by atoms with van der Waals surface area (Å²) in [5.74, 6) is -0.238. The average molecular weight is 569 g/mol. The van der Waals surface area contributed by atoms with Gasteiger partial charge in [0.2, 0.25) is 5.91 Å². The molecule has 3 fully saturated rings. The van der Waals surface area contributed by atoms with E-state index in [0.29, 0.717) is 37.6 Å². The van der Waals surface area contributed by atoms with Gasteiger partial charge >= 0.3 is 12.4 Å². The number of hydrogen-bond donors (Lipinski definition) is 0. The van der Waals surface area contributed by atoms with Crippen LogP contribution in [-0.4, -0.2) is 90.9 Å². The Bertz CT molecular complexity index is 1010. The van der Waals surface area contributed by atoms with E-state index in [4.69, 9.17) is 11.6 Å². The summed E-state index contributed by atoms with van der Waals surface area (Å²) in [4.78, 5) is 19.9. The van der Waals surface area contributed by atoms with E-state index in [-0.39, 0.29) is 25.0 Å². The minimum absolute atomic E-state index is 0.164. The molecular weight excluding hydrogens is 538 g/mol. The molecule has 3 saturated heterocycles.